The van der Waals surface area contributed by atoms with E-state index >= 15 is 0 Å². The molecule has 0 aliphatic heterocycles. The lowest BCUT2D eigenvalue weighted by Crippen LogP contribution is -2.01. The van der Waals surface area contributed by atoms with Crippen LogP contribution in [-0.2, 0) is 15.6 Å². The molecule has 2 aromatic rings. The second-order valence-corrected chi connectivity index (χ2v) is 7.21. The van der Waals surface area contributed by atoms with Crippen LogP contribution in [0.4, 0.5) is 0 Å². The van der Waals surface area contributed by atoms with Gasteiger partial charge < -0.3 is 4.57 Å². The molecular weight excluding hydrogens is 307 g/mol. The van der Waals surface area contributed by atoms with E-state index in [1.165, 1.54) is 6.20 Å². The van der Waals surface area contributed by atoms with Crippen molar-refractivity contribution in [2.75, 3.05) is 0 Å². The zero-order valence-electron chi connectivity index (χ0n) is 10.4. The monoisotopic (exact) mass is 318 g/mol. The van der Waals surface area contributed by atoms with Gasteiger partial charge in [0, 0.05) is 21.9 Å². The molecule has 1 aromatic carbocycles. The number of hydrogen-bond acceptors (Lipinski definition) is 3. The van der Waals surface area contributed by atoms with Gasteiger partial charge >= 0.3 is 0 Å². The quantitative estimate of drug-likeness (QED) is 0.817. The number of rotatable bonds is 3. The van der Waals surface area contributed by atoms with E-state index in [4.69, 9.17) is 22.3 Å². The zero-order valence-corrected chi connectivity index (χ0v) is 12.7. The first-order valence-electron chi connectivity index (χ1n) is 5.51. The van der Waals surface area contributed by atoms with E-state index in [0.29, 0.717) is 17.4 Å². The number of imidazole rings is 1. The molecule has 1 heterocycles. The van der Waals surface area contributed by atoms with E-state index in [2.05, 4.69) is 4.98 Å². The molecule has 0 spiro atoms. The molecule has 0 amide bonds. The van der Waals surface area contributed by atoms with Gasteiger partial charge in [-0.25, -0.2) is 13.4 Å². The van der Waals surface area contributed by atoms with Gasteiger partial charge in [0.25, 0.3) is 9.05 Å². The van der Waals surface area contributed by atoms with Crippen molar-refractivity contribution >= 4 is 31.3 Å². The van der Waals surface area contributed by atoms with Gasteiger partial charge in [0.1, 0.15) is 5.82 Å². The lowest BCUT2D eigenvalue weighted by molar-refractivity contribution is 0.606. The van der Waals surface area contributed by atoms with Crippen LogP contribution in [0.5, 0.6) is 0 Å². The Bertz CT molecular complexity index is 723. The summed E-state index contributed by atoms with van der Waals surface area (Å²) in [4.78, 5) is 3.93. The van der Waals surface area contributed by atoms with E-state index in [1.807, 2.05) is 25.1 Å². The van der Waals surface area contributed by atoms with Crippen molar-refractivity contribution in [3.63, 3.8) is 0 Å². The predicted octanol–water partition coefficient (Wildman–Crippen LogP) is 3.13. The SMILES string of the molecule is Cc1ccc(Cn2cc(S(=O)(=O)Cl)nc2C)c(Cl)c1. The van der Waals surface area contributed by atoms with Gasteiger partial charge in [-0.2, -0.15) is 0 Å². The number of halogens is 2. The largest absolute Gasteiger partial charge is 0.329 e. The third kappa shape index (κ3) is 3.29. The predicted molar refractivity (Wildman–Crippen MR) is 75.3 cm³/mol. The molecule has 0 saturated carbocycles. The fraction of sp³-hybridized carbons (Fsp3) is 0.250. The first-order valence-corrected chi connectivity index (χ1v) is 8.19. The van der Waals surface area contributed by atoms with Gasteiger partial charge in [0.05, 0.1) is 6.54 Å². The molecule has 7 heteroatoms. The summed E-state index contributed by atoms with van der Waals surface area (Å²) in [6, 6.07) is 5.72. The van der Waals surface area contributed by atoms with Crippen molar-refractivity contribution < 1.29 is 8.42 Å². The molecule has 0 aliphatic rings. The van der Waals surface area contributed by atoms with Gasteiger partial charge in [-0.1, -0.05) is 23.7 Å². The van der Waals surface area contributed by atoms with Crippen LogP contribution in [0.2, 0.25) is 5.02 Å². The highest BCUT2D eigenvalue weighted by Gasteiger charge is 2.16. The van der Waals surface area contributed by atoms with E-state index < -0.39 is 9.05 Å². The normalized spacial score (nSPS) is 11.8. The van der Waals surface area contributed by atoms with Gasteiger partial charge in [0.15, 0.2) is 5.03 Å². The molecule has 0 N–H and O–H groups in total. The number of aryl methyl sites for hydroxylation is 2. The van der Waals surface area contributed by atoms with Gasteiger partial charge in [0.2, 0.25) is 0 Å². The van der Waals surface area contributed by atoms with E-state index in [9.17, 15) is 8.42 Å². The summed E-state index contributed by atoms with van der Waals surface area (Å²) < 4.78 is 24.2. The molecule has 0 unspecified atom stereocenters. The Balaban J connectivity index is 2.36. The molecule has 0 radical (unpaired) electrons. The highest BCUT2D eigenvalue weighted by Crippen LogP contribution is 2.21. The van der Waals surface area contributed by atoms with Crippen LogP contribution in [0, 0.1) is 13.8 Å². The first kappa shape index (κ1) is 14.4. The summed E-state index contributed by atoms with van der Waals surface area (Å²) in [5.41, 5.74) is 1.96. The average molecular weight is 319 g/mol. The van der Waals surface area contributed by atoms with Crippen molar-refractivity contribution in [3.05, 3.63) is 46.4 Å². The summed E-state index contributed by atoms with van der Waals surface area (Å²) in [5, 5.41) is 0.498. The maximum Gasteiger partial charge on any atom is 0.280 e. The van der Waals surface area contributed by atoms with Crippen LogP contribution < -0.4 is 0 Å². The van der Waals surface area contributed by atoms with Crippen LogP contribution in [-0.4, -0.2) is 18.0 Å². The molecule has 2 rings (SSSR count). The first-order chi connectivity index (χ1) is 8.77. The average Bonchev–Trinajstić information content (AvgIpc) is 2.64. The van der Waals surface area contributed by atoms with E-state index in [0.717, 1.165) is 11.1 Å². The molecule has 0 bridgehead atoms. The van der Waals surface area contributed by atoms with Crippen molar-refractivity contribution in [3.8, 4) is 0 Å². The van der Waals surface area contributed by atoms with Crippen LogP contribution >= 0.6 is 22.3 Å². The molecule has 102 valence electrons. The Morgan fingerprint density at radius 1 is 1.32 bits per heavy atom. The van der Waals surface area contributed by atoms with E-state index in [1.54, 1.807) is 11.5 Å². The Kier molecular flexibility index (Phi) is 3.90. The van der Waals surface area contributed by atoms with Crippen molar-refractivity contribution in [2.24, 2.45) is 0 Å². The molecule has 0 aliphatic carbocycles. The van der Waals surface area contributed by atoms with E-state index in [-0.39, 0.29) is 5.03 Å². The maximum absolute atomic E-state index is 11.2. The van der Waals surface area contributed by atoms with Crippen LogP contribution in [0.25, 0.3) is 0 Å². The van der Waals surface area contributed by atoms with Crippen LogP contribution in [0.3, 0.4) is 0 Å². The summed E-state index contributed by atoms with van der Waals surface area (Å²) in [5.74, 6) is 0.566. The van der Waals surface area contributed by atoms with Crippen molar-refractivity contribution in [1.82, 2.24) is 9.55 Å². The fourth-order valence-electron chi connectivity index (χ4n) is 1.72. The molecule has 19 heavy (non-hydrogen) atoms. The van der Waals surface area contributed by atoms with Crippen LogP contribution in [0.1, 0.15) is 17.0 Å². The third-order valence-corrected chi connectivity index (χ3v) is 4.28. The third-order valence-electron chi connectivity index (χ3n) is 2.75. The maximum atomic E-state index is 11.2. The van der Waals surface area contributed by atoms with Crippen molar-refractivity contribution in [1.29, 1.82) is 0 Å². The highest BCUT2D eigenvalue weighted by molar-refractivity contribution is 8.13. The minimum atomic E-state index is -3.81. The second-order valence-electron chi connectivity index (χ2n) is 4.29. The Labute approximate surface area is 121 Å². The fourth-order valence-corrected chi connectivity index (χ4v) is 2.73. The molecular formula is C12H12Cl2N2O2S. The van der Waals surface area contributed by atoms with Crippen LogP contribution in [0.15, 0.2) is 29.4 Å². The number of nitrogens with zero attached hydrogens (tertiary/aromatic N) is 2. The van der Waals surface area contributed by atoms with Crippen molar-refractivity contribution in [2.45, 2.75) is 25.4 Å². The Morgan fingerprint density at radius 2 is 2.00 bits per heavy atom. The zero-order chi connectivity index (χ0) is 14.2. The number of hydrogen-bond donors (Lipinski definition) is 0. The molecule has 0 atom stereocenters. The lowest BCUT2D eigenvalue weighted by Gasteiger charge is -2.07. The molecule has 0 fully saturated rings. The minimum Gasteiger partial charge on any atom is -0.329 e. The van der Waals surface area contributed by atoms with Gasteiger partial charge in [-0.15, -0.1) is 0 Å². The summed E-state index contributed by atoms with van der Waals surface area (Å²) in [7, 11) is 1.46. The summed E-state index contributed by atoms with van der Waals surface area (Å²) in [6.45, 7) is 4.12. The van der Waals surface area contributed by atoms with Gasteiger partial charge in [-0.05, 0) is 31.0 Å². The highest BCUT2D eigenvalue weighted by atomic mass is 35.7. The summed E-state index contributed by atoms with van der Waals surface area (Å²) in [6.07, 6.45) is 1.41. The van der Waals surface area contributed by atoms with Gasteiger partial charge in [-0.3, -0.25) is 0 Å². The Morgan fingerprint density at radius 3 is 2.53 bits per heavy atom. The number of benzene rings is 1. The molecule has 0 saturated heterocycles. The minimum absolute atomic E-state index is 0.144. The second kappa shape index (κ2) is 5.15. The topological polar surface area (TPSA) is 52.0 Å². The number of aromatic nitrogens is 2. The Hall–Kier alpha value is -1.04. The molecule has 4 nitrogen and oxygen atoms in total. The summed E-state index contributed by atoms with van der Waals surface area (Å²) >= 11 is 6.15. The standard InChI is InChI=1S/C12H12Cl2N2O2S/c1-8-3-4-10(11(13)5-8)6-16-7-12(15-9(16)2)19(14,17)18/h3-5,7H,6H2,1-2H3. The smallest absolute Gasteiger partial charge is 0.280 e. The molecule has 1 aromatic heterocycles. The lowest BCUT2D eigenvalue weighted by atomic mass is 10.1.